The van der Waals surface area contributed by atoms with E-state index >= 15 is 0 Å². The molecule has 0 fully saturated rings. The first-order chi connectivity index (χ1) is 11.4. The van der Waals surface area contributed by atoms with Crippen LogP contribution in [0.1, 0.15) is 39.5 Å². The summed E-state index contributed by atoms with van der Waals surface area (Å²) in [6.45, 7) is 7.59. The maximum atomic E-state index is 13.0. The van der Waals surface area contributed by atoms with Crippen LogP contribution in [0.15, 0.2) is 23.0 Å². The summed E-state index contributed by atoms with van der Waals surface area (Å²) >= 11 is 0. The molecule has 0 radical (unpaired) electrons. The maximum absolute atomic E-state index is 13.0. The molecule has 25 heavy (non-hydrogen) atoms. The van der Waals surface area contributed by atoms with E-state index in [0.29, 0.717) is 12.3 Å². The number of halogens is 3. The molecule has 138 valence electrons. The van der Waals surface area contributed by atoms with E-state index < -0.39 is 17.4 Å². The quantitative estimate of drug-likeness (QED) is 0.716. The van der Waals surface area contributed by atoms with Gasteiger partial charge in [-0.25, -0.2) is 4.99 Å². The van der Waals surface area contributed by atoms with Crippen LogP contribution < -0.4 is 16.4 Å². The predicted molar refractivity (Wildman–Crippen MR) is 86.8 cm³/mol. The van der Waals surface area contributed by atoms with Gasteiger partial charge < -0.3 is 21.1 Å². The largest absolute Gasteiger partial charge is 0.417 e. The second-order valence-electron chi connectivity index (χ2n) is 7.05. The first kappa shape index (κ1) is 17.7. The molecule has 0 bridgehead atoms. The molecule has 2 aliphatic heterocycles. The number of nitrogens with zero attached hydrogens (tertiary/aromatic N) is 3. The zero-order valence-electron chi connectivity index (χ0n) is 14.4. The van der Waals surface area contributed by atoms with E-state index in [2.05, 4.69) is 20.7 Å². The van der Waals surface area contributed by atoms with Crippen LogP contribution in [0.5, 0.6) is 0 Å². The van der Waals surface area contributed by atoms with E-state index in [1.807, 2.05) is 25.5 Å². The summed E-state index contributed by atoms with van der Waals surface area (Å²) in [5.74, 6) is 0.115. The van der Waals surface area contributed by atoms with Crippen molar-refractivity contribution < 1.29 is 17.9 Å². The van der Waals surface area contributed by atoms with Gasteiger partial charge in [-0.1, -0.05) is 0 Å². The lowest BCUT2D eigenvalue weighted by atomic mass is 10.0. The number of nitrogens with two attached hydrogens (primary N) is 1. The fourth-order valence-corrected chi connectivity index (χ4v) is 2.97. The Hall–Kier alpha value is -2.07. The first-order valence-corrected chi connectivity index (χ1v) is 7.82. The van der Waals surface area contributed by atoms with Crippen LogP contribution in [-0.2, 0) is 10.3 Å². The van der Waals surface area contributed by atoms with Crippen LogP contribution in [-0.4, -0.2) is 34.2 Å². The van der Waals surface area contributed by atoms with Gasteiger partial charge in [-0.05, 0) is 27.7 Å². The van der Waals surface area contributed by atoms with Crippen LogP contribution in [0.4, 0.5) is 18.9 Å². The van der Waals surface area contributed by atoms with E-state index in [1.165, 1.54) is 6.92 Å². The third kappa shape index (κ3) is 3.11. The second kappa shape index (κ2) is 5.46. The van der Waals surface area contributed by atoms with Crippen molar-refractivity contribution in [3.05, 3.63) is 23.7 Å². The summed E-state index contributed by atoms with van der Waals surface area (Å²) in [5, 5.41) is 9.86. The Labute approximate surface area is 143 Å². The molecule has 2 atom stereocenters. The van der Waals surface area contributed by atoms with Crippen molar-refractivity contribution in [3.63, 3.8) is 0 Å². The Balaban J connectivity index is 1.89. The van der Waals surface area contributed by atoms with Crippen molar-refractivity contribution in [3.8, 4) is 0 Å². The van der Waals surface area contributed by atoms with Crippen LogP contribution in [0, 0.1) is 0 Å². The molecule has 0 saturated heterocycles. The molecule has 7 nitrogen and oxygen atoms in total. The summed E-state index contributed by atoms with van der Waals surface area (Å²) in [5.41, 5.74) is 3.98. The monoisotopic (exact) mass is 358 g/mol. The lowest BCUT2D eigenvalue weighted by Gasteiger charge is -2.35. The van der Waals surface area contributed by atoms with Crippen molar-refractivity contribution in [1.29, 1.82) is 0 Å². The third-order valence-corrected chi connectivity index (χ3v) is 4.25. The molecule has 2 aliphatic rings. The number of aliphatic imine (C=N–C) groups is 1. The van der Waals surface area contributed by atoms with E-state index in [4.69, 9.17) is 10.5 Å². The molecular weight excluding hydrogens is 337 g/mol. The van der Waals surface area contributed by atoms with Gasteiger partial charge >= 0.3 is 6.18 Å². The number of hydrogen-bond acceptors (Lipinski definition) is 6. The van der Waals surface area contributed by atoms with Crippen LogP contribution in [0.2, 0.25) is 0 Å². The van der Waals surface area contributed by atoms with Crippen molar-refractivity contribution in [1.82, 2.24) is 15.1 Å². The van der Waals surface area contributed by atoms with Crippen molar-refractivity contribution in [2.45, 2.75) is 51.2 Å². The zero-order chi connectivity index (χ0) is 18.6. The molecule has 1 aromatic rings. The number of ether oxygens (including phenoxy) is 1. The fourth-order valence-electron chi connectivity index (χ4n) is 2.97. The van der Waals surface area contributed by atoms with Gasteiger partial charge in [0.15, 0.2) is 0 Å². The minimum absolute atomic E-state index is 0.115. The molecule has 3 rings (SSSR count). The van der Waals surface area contributed by atoms with Gasteiger partial charge in [0, 0.05) is 6.20 Å². The van der Waals surface area contributed by atoms with E-state index in [0.717, 1.165) is 11.9 Å². The lowest BCUT2D eigenvalue weighted by molar-refractivity contribution is -0.100. The average Bonchev–Trinajstić information content (AvgIpc) is 2.86. The molecular formula is C15H21F3N6O. The molecule has 2 unspecified atom stereocenters. The van der Waals surface area contributed by atoms with Crippen molar-refractivity contribution in [2.24, 2.45) is 10.7 Å². The summed E-state index contributed by atoms with van der Waals surface area (Å²) < 4.78 is 46.6. The smallest absolute Gasteiger partial charge is 0.370 e. The van der Waals surface area contributed by atoms with Gasteiger partial charge in [0.05, 0.1) is 41.4 Å². The van der Waals surface area contributed by atoms with Gasteiger partial charge in [0.1, 0.15) is 5.66 Å². The number of alkyl halides is 3. The predicted octanol–water partition coefficient (Wildman–Crippen LogP) is 2.20. The fraction of sp³-hybridized carbons (Fsp3) is 0.600. The highest BCUT2D eigenvalue weighted by Crippen LogP contribution is 2.37. The molecule has 0 saturated carbocycles. The summed E-state index contributed by atoms with van der Waals surface area (Å²) in [4.78, 5) is 3.95. The lowest BCUT2D eigenvalue weighted by Crippen LogP contribution is -2.49. The second-order valence-corrected chi connectivity index (χ2v) is 7.05. The third-order valence-electron chi connectivity index (χ3n) is 4.25. The topological polar surface area (TPSA) is 89.5 Å². The van der Waals surface area contributed by atoms with Gasteiger partial charge in [0.2, 0.25) is 5.96 Å². The number of fused-ring (bicyclic) bond motifs is 1. The summed E-state index contributed by atoms with van der Waals surface area (Å²) in [6, 6.07) is 0. The molecule has 0 spiro atoms. The molecule has 3 heterocycles. The Bertz CT molecular complexity index is 747. The van der Waals surface area contributed by atoms with E-state index in [-0.39, 0.29) is 17.6 Å². The van der Waals surface area contributed by atoms with Gasteiger partial charge in [-0.15, -0.1) is 0 Å². The summed E-state index contributed by atoms with van der Waals surface area (Å²) in [7, 11) is 0. The Kier molecular flexibility index (Phi) is 3.88. The summed E-state index contributed by atoms with van der Waals surface area (Å²) in [6.07, 6.45) is -2.35. The van der Waals surface area contributed by atoms with E-state index in [9.17, 15) is 13.2 Å². The number of rotatable bonds is 1. The van der Waals surface area contributed by atoms with Crippen molar-refractivity contribution >= 4 is 11.6 Å². The molecule has 1 aromatic heterocycles. The minimum Gasteiger partial charge on any atom is -0.370 e. The van der Waals surface area contributed by atoms with Gasteiger partial charge in [-0.2, -0.15) is 18.3 Å². The number of hydrogen-bond donors (Lipinski definition) is 3. The standard InChI is InChI=1S/C15H21F3N6O/c1-8-11-9(5-21-24(11)13(2,3)7-25-8)22-12-20-6-10(15(16,17)18)14(4,19)23-12/h5-6,8H,7,19H2,1-4H3,(H2,20,22,23). The highest BCUT2D eigenvalue weighted by atomic mass is 19.4. The normalized spacial score (nSPS) is 28.6. The molecule has 10 heteroatoms. The number of anilines is 1. The minimum atomic E-state index is -4.56. The Morgan fingerprint density at radius 1 is 1.40 bits per heavy atom. The van der Waals surface area contributed by atoms with Crippen LogP contribution in [0.3, 0.4) is 0 Å². The van der Waals surface area contributed by atoms with Gasteiger partial charge in [-0.3, -0.25) is 4.68 Å². The molecule has 0 aliphatic carbocycles. The van der Waals surface area contributed by atoms with E-state index in [1.54, 1.807) is 6.20 Å². The number of nitrogens with one attached hydrogen (secondary N) is 2. The maximum Gasteiger partial charge on any atom is 0.417 e. The first-order valence-electron chi connectivity index (χ1n) is 7.82. The van der Waals surface area contributed by atoms with Crippen molar-refractivity contribution in [2.75, 3.05) is 11.9 Å². The zero-order valence-corrected chi connectivity index (χ0v) is 14.4. The van der Waals surface area contributed by atoms with Gasteiger partial charge in [0.25, 0.3) is 0 Å². The number of aromatic nitrogens is 2. The average molecular weight is 358 g/mol. The SMILES string of the molecule is CC1OCC(C)(C)n2ncc(NC3=NC(C)(N)C(C(F)(F)F)=CN3)c21. The Morgan fingerprint density at radius 2 is 2.08 bits per heavy atom. The Morgan fingerprint density at radius 3 is 2.68 bits per heavy atom. The van der Waals surface area contributed by atoms with Crippen LogP contribution in [0.25, 0.3) is 0 Å². The highest BCUT2D eigenvalue weighted by Gasteiger charge is 2.45. The highest BCUT2D eigenvalue weighted by molar-refractivity contribution is 5.96. The molecule has 0 amide bonds. The molecule has 4 N–H and O–H groups in total. The van der Waals surface area contributed by atoms with Crippen LogP contribution >= 0.6 is 0 Å². The number of guanidine groups is 1. The molecule has 0 aromatic carbocycles.